The van der Waals surface area contributed by atoms with E-state index in [1.165, 1.54) is 0 Å². The monoisotopic (exact) mass is 408 g/mol. The molecular formula is C27H20O4. The van der Waals surface area contributed by atoms with Crippen LogP contribution in [0, 0.1) is 0 Å². The van der Waals surface area contributed by atoms with Crippen LogP contribution >= 0.6 is 0 Å². The second-order valence-corrected chi connectivity index (χ2v) is 7.22. The summed E-state index contributed by atoms with van der Waals surface area (Å²) in [7, 11) is 3.28. The smallest absolute Gasteiger partial charge is 0.201 e. The van der Waals surface area contributed by atoms with Gasteiger partial charge in [-0.2, -0.15) is 0 Å². The summed E-state index contributed by atoms with van der Waals surface area (Å²) in [4.78, 5) is 13.5. The van der Waals surface area contributed by atoms with Gasteiger partial charge in [-0.05, 0) is 42.0 Å². The van der Waals surface area contributed by atoms with Crippen molar-refractivity contribution in [3.63, 3.8) is 0 Å². The molecule has 4 aromatic carbocycles. The number of para-hydroxylation sites is 3. The molecule has 1 heterocycles. The summed E-state index contributed by atoms with van der Waals surface area (Å²) in [5.74, 6) is 1.43. The minimum Gasteiger partial charge on any atom is -0.496 e. The Balaban J connectivity index is 1.94. The van der Waals surface area contributed by atoms with E-state index in [9.17, 15) is 4.79 Å². The van der Waals surface area contributed by atoms with Crippen LogP contribution < -0.4 is 14.9 Å². The minimum atomic E-state index is -0.0654. The van der Waals surface area contributed by atoms with Gasteiger partial charge in [0.25, 0.3) is 0 Å². The molecule has 4 nitrogen and oxygen atoms in total. The minimum absolute atomic E-state index is 0.0654. The normalized spacial score (nSPS) is 11.0. The van der Waals surface area contributed by atoms with Crippen LogP contribution in [0.25, 0.3) is 44.2 Å². The van der Waals surface area contributed by atoms with Crippen LogP contribution in [-0.4, -0.2) is 14.2 Å². The molecule has 5 rings (SSSR count). The van der Waals surface area contributed by atoms with Crippen LogP contribution in [0.15, 0.2) is 94.1 Å². The van der Waals surface area contributed by atoms with Crippen molar-refractivity contribution >= 4 is 21.9 Å². The Morgan fingerprint density at radius 3 is 2.00 bits per heavy atom. The first-order chi connectivity index (χ1) is 15.2. The second-order valence-electron chi connectivity index (χ2n) is 7.22. The topological polar surface area (TPSA) is 48.7 Å². The molecule has 0 aliphatic rings. The number of hydrogen-bond donors (Lipinski definition) is 0. The fraction of sp³-hybridized carbons (Fsp3) is 0.0741. The summed E-state index contributed by atoms with van der Waals surface area (Å²) in [5, 5.41) is 1.08. The molecule has 152 valence electrons. The molecule has 0 saturated heterocycles. The first kappa shape index (κ1) is 18.9. The molecule has 0 amide bonds. The van der Waals surface area contributed by atoms with Crippen LogP contribution in [0.4, 0.5) is 0 Å². The fourth-order valence-electron chi connectivity index (χ4n) is 4.04. The molecule has 31 heavy (non-hydrogen) atoms. The number of fused-ring (bicyclic) bond motifs is 2. The Morgan fingerprint density at radius 2 is 1.26 bits per heavy atom. The number of hydrogen-bond acceptors (Lipinski definition) is 4. The molecule has 0 unspecified atom stereocenters. The summed E-state index contributed by atoms with van der Waals surface area (Å²) in [6.45, 7) is 0. The van der Waals surface area contributed by atoms with Crippen molar-refractivity contribution in [1.82, 2.24) is 0 Å². The summed E-state index contributed by atoms with van der Waals surface area (Å²) in [6, 6.07) is 26.7. The highest BCUT2D eigenvalue weighted by molar-refractivity contribution is 6.02. The summed E-state index contributed by atoms with van der Waals surface area (Å²) < 4.78 is 17.4. The molecule has 0 N–H and O–H groups in total. The van der Waals surface area contributed by atoms with E-state index in [4.69, 9.17) is 13.9 Å². The quantitative estimate of drug-likeness (QED) is 0.328. The predicted octanol–water partition coefficient (Wildman–Crippen LogP) is 6.30. The van der Waals surface area contributed by atoms with Crippen molar-refractivity contribution in [1.29, 1.82) is 0 Å². The van der Waals surface area contributed by atoms with Gasteiger partial charge in [-0.25, -0.2) is 0 Å². The van der Waals surface area contributed by atoms with Crippen LogP contribution in [-0.2, 0) is 0 Å². The van der Waals surface area contributed by atoms with E-state index >= 15 is 0 Å². The van der Waals surface area contributed by atoms with Crippen molar-refractivity contribution in [2.75, 3.05) is 14.2 Å². The van der Waals surface area contributed by atoms with Crippen molar-refractivity contribution in [3.05, 3.63) is 95.2 Å². The zero-order valence-electron chi connectivity index (χ0n) is 17.2. The van der Waals surface area contributed by atoms with Gasteiger partial charge in [0.1, 0.15) is 22.7 Å². The maximum Gasteiger partial charge on any atom is 0.201 e. The van der Waals surface area contributed by atoms with Gasteiger partial charge in [-0.15, -0.1) is 0 Å². The lowest BCUT2D eigenvalue weighted by Gasteiger charge is -2.15. The van der Waals surface area contributed by atoms with Crippen LogP contribution in [0.5, 0.6) is 11.5 Å². The molecule has 0 aliphatic carbocycles. The Labute approximate surface area is 179 Å². The van der Waals surface area contributed by atoms with Crippen LogP contribution in [0.1, 0.15) is 0 Å². The van der Waals surface area contributed by atoms with E-state index in [0.29, 0.717) is 27.7 Å². The summed E-state index contributed by atoms with van der Waals surface area (Å²) in [5.41, 5.74) is 4.41. The number of methoxy groups -OCH3 is 2. The lowest BCUT2D eigenvalue weighted by molar-refractivity contribution is 0.416. The van der Waals surface area contributed by atoms with Gasteiger partial charge in [0.05, 0.1) is 25.0 Å². The average molecular weight is 408 g/mol. The predicted molar refractivity (Wildman–Crippen MR) is 124 cm³/mol. The zero-order valence-corrected chi connectivity index (χ0v) is 17.2. The van der Waals surface area contributed by atoms with Gasteiger partial charge < -0.3 is 13.9 Å². The Morgan fingerprint density at radius 1 is 0.645 bits per heavy atom. The Kier molecular flexibility index (Phi) is 4.68. The van der Waals surface area contributed by atoms with E-state index < -0.39 is 0 Å². The van der Waals surface area contributed by atoms with Crippen molar-refractivity contribution < 1.29 is 13.9 Å². The Hall–Kier alpha value is -4.05. The van der Waals surface area contributed by atoms with Gasteiger partial charge in [0.15, 0.2) is 0 Å². The highest BCUT2D eigenvalue weighted by atomic mass is 16.5. The SMILES string of the molecule is COc1ccccc1-c1cc(-c2ccccc2OC)c2c(=O)c3ccccc3oc2c1. The molecule has 1 aromatic heterocycles. The highest BCUT2D eigenvalue weighted by Gasteiger charge is 2.18. The average Bonchev–Trinajstić information content (AvgIpc) is 2.83. The van der Waals surface area contributed by atoms with Crippen LogP contribution in [0.3, 0.4) is 0 Å². The van der Waals surface area contributed by atoms with E-state index in [0.717, 1.165) is 28.0 Å². The third-order valence-electron chi connectivity index (χ3n) is 5.50. The second kappa shape index (κ2) is 7.65. The zero-order chi connectivity index (χ0) is 21.4. The number of rotatable bonds is 4. The molecule has 4 heteroatoms. The van der Waals surface area contributed by atoms with Crippen molar-refractivity contribution in [3.8, 4) is 33.8 Å². The third-order valence-corrected chi connectivity index (χ3v) is 5.50. The highest BCUT2D eigenvalue weighted by Crippen LogP contribution is 2.40. The van der Waals surface area contributed by atoms with Gasteiger partial charge in [0, 0.05) is 16.7 Å². The van der Waals surface area contributed by atoms with Gasteiger partial charge in [-0.1, -0.05) is 48.5 Å². The molecule has 0 fully saturated rings. The lowest BCUT2D eigenvalue weighted by atomic mass is 9.93. The first-order valence-electron chi connectivity index (χ1n) is 9.97. The van der Waals surface area contributed by atoms with E-state index in [1.54, 1.807) is 20.3 Å². The van der Waals surface area contributed by atoms with E-state index in [2.05, 4.69) is 0 Å². The van der Waals surface area contributed by atoms with Crippen molar-refractivity contribution in [2.45, 2.75) is 0 Å². The molecule has 0 aliphatic heterocycles. The maximum atomic E-state index is 13.5. The van der Waals surface area contributed by atoms with E-state index in [-0.39, 0.29) is 5.43 Å². The molecule has 0 atom stereocenters. The molecule has 5 aromatic rings. The van der Waals surface area contributed by atoms with Gasteiger partial charge in [-0.3, -0.25) is 4.79 Å². The van der Waals surface area contributed by atoms with Gasteiger partial charge >= 0.3 is 0 Å². The largest absolute Gasteiger partial charge is 0.496 e. The summed E-state index contributed by atoms with van der Waals surface area (Å²) >= 11 is 0. The molecule has 0 spiro atoms. The molecule has 0 radical (unpaired) electrons. The lowest BCUT2D eigenvalue weighted by Crippen LogP contribution is -2.04. The number of ether oxygens (including phenoxy) is 2. The van der Waals surface area contributed by atoms with Crippen LogP contribution in [0.2, 0.25) is 0 Å². The standard InChI is InChI=1S/C27H20O4/c1-29-22-12-6-3-9-18(22)17-15-21(19-10-4-7-13-23(19)30-2)26-25(16-17)31-24-14-8-5-11-20(24)27(26)28/h3-16H,1-2H3. The third kappa shape index (κ3) is 3.13. The first-order valence-corrected chi connectivity index (χ1v) is 9.97. The Bertz CT molecular complexity index is 1480. The number of benzene rings is 4. The molecular weight excluding hydrogens is 388 g/mol. The molecule has 0 saturated carbocycles. The molecule has 0 bridgehead atoms. The summed E-state index contributed by atoms with van der Waals surface area (Å²) in [6.07, 6.45) is 0. The van der Waals surface area contributed by atoms with Gasteiger partial charge in [0.2, 0.25) is 5.43 Å². The maximum absolute atomic E-state index is 13.5. The van der Waals surface area contributed by atoms with E-state index in [1.807, 2.05) is 78.9 Å². The fourth-order valence-corrected chi connectivity index (χ4v) is 4.04. The van der Waals surface area contributed by atoms with Crippen molar-refractivity contribution in [2.24, 2.45) is 0 Å².